The van der Waals surface area contributed by atoms with Gasteiger partial charge in [-0.1, -0.05) is 60.7 Å². The highest BCUT2D eigenvalue weighted by Gasteiger charge is 2.05. The minimum Gasteiger partial charge on any atom is -0.508 e. The molecule has 0 spiro atoms. The average Bonchev–Trinajstić information content (AvgIpc) is 2.60. The van der Waals surface area contributed by atoms with Gasteiger partial charge in [-0.2, -0.15) is 5.10 Å². The SMILES string of the molecule is Oc1cccc(C=NN(Cc2ccccc2)c2ccccc2)c1. The number of anilines is 1. The fourth-order valence-electron chi connectivity index (χ4n) is 2.30. The molecule has 0 saturated carbocycles. The Hall–Kier alpha value is -3.07. The second-order valence-electron chi connectivity index (χ2n) is 5.22. The molecule has 3 heteroatoms. The van der Waals surface area contributed by atoms with E-state index in [1.807, 2.05) is 59.6 Å². The van der Waals surface area contributed by atoms with Crippen molar-refractivity contribution >= 4 is 11.9 Å². The summed E-state index contributed by atoms with van der Waals surface area (Å²) in [6.07, 6.45) is 1.76. The fourth-order valence-corrected chi connectivity index (χ4v) is 2.30. The Bertz CT molecular complexity index is 770. The van der Waals surface area contributed by atoms with Crippen LogP contribution in [-0.4, -0.2) is 11.3 Å². The highest BCUT2D eigenvalue weighted by molar-refractivity contribution is 5.81. The Morgan fingerprint density at radius 3 is 2.22 bits per heavy atom. The third kappa shape index (κ3) is 4.20. The highest BCUT2D eigenvalue weighted by atomic mass is 16.3. The van der Waals surface area contributed by atoms with Crippen molar-refractivity contribution in [1.82, 2.24) is 0 Å². The number of rotatable bonds is 5. The van der Waals surface area contributed by atoms with Crippen LogP contribution in [0.2, 0.25) is 0 Å². The number of para-hydroxylation sites is 1. The largest absolute Gasteiger partial charge is 0.508 e. The Morgan fingerprint density at radius 1 is 0.826 bits per heavy atom. The number of aromatic hydroxyl groups is 1. The van der Waals surface area contributed by atoms with Gasteiger partial charge in [-0.25, -0.2) is 0 Å². The van der Waals surface area contributed by atoms with Gasteiger partial charge in [0, 0.05) is 0 Å². The lowest BCUT2D eigenvalue weighted by molar-refractivity contribution is 0.475. The Labute approximate surface area is 136 Å². The van der Waals surface area contributed by atoms with Crippen molar-refractivity contribution in [2.75, 3.05) is 5.01 Å². The molecular formula is C20H18N2O. The molecule has 0 amide bonds. The quantitative estimate of drug-likeness (QED) is 0.559. The van der Waals surface area contributed by atoms with Gasteiger partial charge in [-0.3, -0.25) is 5.01 Å². The first-order valence-electron chi connectivity index (χ1n) is 7.51. The Balaban J connectivity index is 1.86. The van der Waals surface area contributed by atoms with Gasteiger partial charge in [0.05, 0.1) is 18.4 Å². The molecule has 3 aromatic carbocycles. The van der Waals surface area contributed by atoms with Gasteiger partial charge < -0.3 is 5.11 Å². The van der Waals surface area contributed by atoms with Crippen LogP contribution in [-0.2, 0) is 6.54 Å². The van der Waals surface area contributed by atoms with Gasteiger partial charge in [0.2, 0.25) is 0 Å². The van der Waals surface area contributed by atoms with Gasteiger partial charge in [0.1, 0.15) is 5.75 Å². The molecule has 0 saturated heterocycles. The van der Waals surface area contributed by atoms with Gasteiger partial charge in [0.25, 0.3) is 0 Å². The van der Waals surface area contributed by atoms with E-state index >= 15 is 0 Å². The Kier molecular flexibility index (Phi) is 4.69. The number of phenolic OH excluding ortho intramolecular Hbond substituents is 1. The van der Waals surface area contributed by atoms with E-state index in [0.29, 0.717) is 6.54 Å². The third-order valence-corrected chi connectivity index (χ3v) is 3.45. The van der Waals surface area contributed by atoms with Crippen LogP contribution >= 0.6 is 0 Å². The molecule has 0 aliphatic heterocycles. The van der Waals surface area contributed by atoms with Crippen molar-refractivity contribution in [1.29, 1.82) is 0 Å². The van der Waals surface area contributed by atoms with E-state index in [-0.39, 0.29) is 5.75 Å². The third-order valence-electron chi connectivity index (χ3n) is 3.45. The molecule has 0 unspecified atom stereocenters. The molecule has 0 aliphatic rings. The van der Waals surface area contributed by atoms with E-state index < -0.39 is 0 Å². The summed E-state index contributed by atoms with van der Waals surface area (Å²) >= 11 is 0. The second-order valence-corrected chi connectivity index (χ2v) is 5.22. The highest BCUT2D eigenvalue weighted by Crippen LogP contribution is 2.17. The van der Waals surface area contributed by atoms with Crippen LogP contribution in [0, 0.1) is 0 Å². The number of benzene rings is 3. The van der Waals surface area contributed by atoms with E-state index in [2.05, 4.69) is 17.2 Å². The molecule has 0 atom stereocenters. The van der Waals surface area contributed by atoms with Crippen molar-refractivity contribution in [3.05, 3.63) is 96.1 Å². The summed E-state index contributed by atoms with van der Waals surface area (Å²) in [5, 5.41) is 16.1. The zero-order chi connectivity index (χ0) is 15.9. The molecule has 1 N–H and O–H groups in total. The van der Waals surface area contributed by atoms with Crippen LogP contribution in [0.4, 0.5) is 5.69 Å². The monoisotopic (exact) mass is 302 g/mol. The number of nitrogens with zero attached hydrogens (tertiary/aromatic N) is 2. The van der Waals surface area contributed by atoms with Crippen LogP contribution in [0.3, 0.4) is 0 Å². The van der Waals surface area contributed by atoms with Gasteiger partial charge in [0.15, 0.2) is 0 Å². The molecule has 0 radical (unpaired) electrons. The minimum atomic E-state index is 0.239. The first-order chi connectivity index (χ1) is 11.3. The summed E-state index contributed by atoms with van der Waals surface area (Å²) in [4.78, 5) is 0. The minimum absolute atomic E-state index is 0.239. The van der Waals surface area contributed by atoms with E-state index in [0.717, 1.165) is 11.3 Å². The first kappa shape index (κ1) is 14.9. The maximum atomic E-state index is 9.56. The molecule has 3 rings (SSSR count). The smallest absolute Gasteiger partial charge is 0.116 e. The maximum Gasteiger partial charge on any atom is 0.116 e. The predicted octanol–water partition coefficient (Wildman–Crippen LogP) is 4.43. The number of hydrazone groups is 1. The fraction of sp³-hybridized carbons (Fsp3) is 0.0500. The van der Waals surface area contributed by atoms with E-state index in [9.17, 15) is 5.11 Å². The molecule has 0 aromatic heterocycles. The van der Waals surface area contributed by atoms with Crippen molar-refractivity contribution in [3.8, 4) is 5.75 Å². The van der Waals surface area contributed by atoms with Crippen molar-refractivity contribution in [2.45, 2.75) is 6.54 Å². The number of hydrogen-bond donors (Lipinski definition) is 1. The summed E-state index contributed by atoms with van der Waals surface area (Å²) in [5.41, 5.74) is 3.07. The van der Waals surface area contributed by atoms with Gasteiger partial charge in [-0.15, -0.1) is 0 Å². The predicted molar refractivity (Wildman–Crippen MR) is 94.8 cm³/mol. The Morgan fingerprint density at radius 2 is 1.52 bits per heavy atom. The topological polar surface area (TPSA) is 35.8 Å². The van der Waals surface area contributed by atoms with Crippen molar-refractivity contribution in [2.24, 2.45) is 5.10 Å². The van der Waals surface area contributed by atoms with Crippen molar-refractivity contribution < 1.29 is 5.11 Å². The van der Waals surface area contributed by atoms with Crippen LogP contribution < -0.4 is 5.01 Å². The number of hydrogen-bond acceptors (Lipinski definition) is 3. The number of phenols is 1. The summed E-state index contributed by atoms with van der Waals surface area (Å²) in [6.45, 7) is 0.681. The maximum absolute atomic E-state index is 9.56. The molecule has 3 aromatic rings. The molecule has 0 aliphatic carbocycles. The summed E-state index contributed by atoms with van der Waals surface area (Å²) in [6, 6.07) is 27.3. The molecule has 23 heavy (non-hydrogen) atoms. The second kappa shape index (κ2) is 7.27. The standard InChI is InChI=1S/C20H18N2O/c23-20-13-7-10-18(14-20)15-21-22(19-11-5-2-6-12-19)16-17-8-3-1-4-9-17/h1-15,23H,16H2. The lowest BCUT2D eigenvalue weighted by atomic mass is 10.2. The van der Waals surface area contributed by atoms with E-state index in [1.54, 1.807) is 24.4 Å². The van der Waals surface area contributed by atoms with E-state index in [1.165, 1.54) is 5.56 Å². The average molecular weight is 302 g/mol. The summed E-state index contributed by atoms with van der Waals surface area (Å²) in [7, 11) is 0. The molecular weight excluding hydrogens is 284 g/mol. The summed E-state index contributed by atoms with van der Waals surface area (Å²) in [5.74, 6) is 0.239. The summed E-state index contributed by atoms with van der Waals surface area (Å²) < 4.78 is 0. The first-order valence-corrected chi connectivity index (χ1v) is 7.51. The lowest BCUT2D eigenvalue weighted by Gasteiger charge is -2.19. The normalized spacial score (nSPS) is 10.8. The van der Waals surface area contributed by atoms with Crippen LogP contribution in [0.1, 0.15) is 11.1 Å². The zero-order valence-corrected chi connectivity index (χ0v) is 12.7. The molecule has 0 bridgehead atoms. The van der Waals surface area contributed by atoms with Crippen LogP contribution in [0.15, 0.2) is 90.0 Å². The molecule has 0 fully saturated rings. The van der Waals surface area contributed by atoms with Crippen molar-refractivity contribution in [3.63, 3.8) is 0 Å². The molecule has 114 valence electrons. The van der Waals surface area contributed by atoms with E-state index in [4.69, 9.17) is 0 Å². The van der Waals surface area contributed by atoms with Crippen LogP contribution in [0.5, 0.6) is 5.75 Å². The van der Waals surface area contributed by atoms with Gasteiger partial charge >= 0.3 is 0 Å². The molecule has 3 nitrogen and oxygen atoms in total. The lowest BCUT2D eigenvalue weighted by Crippen LogP contribution is -2.15. The van der Waals surface area contributed by atoms with Crippen LogP contribution in [0.25, 0.3) is 0 Å². The van der Waals surface area contributed by atoms with Gasteiger partial charge in [-0.05, 0) is 35.4 Å². The zero-order valence-electron chi connectivity index (χ0n) is 12.7. The molecule has 0 heterocycles.